The predicted octanol–water partition coefficient (Wildman–Crippen LogP) is 8.56. The molecule has 7 rings (SSSR count). The molecule has 0 saturated heterocycles. The van der Waals surface area contributed by atoms with E-state index in [1.165, 1.54) is 29.2 Å². The van der Waals surface area contributed by atoms with E-state index in [0.717, 1.165) is 23.4 Å². The summed E-state index contributed by atoms with van der Waals surface area (Å²) in [6, 6.07) is 28.1. The molecular formula is C37H26F3N7. The standard InChI is InChI=1S/C27H17F3N6.C10H9N/c28-27(29,30)18-12-23(17-5-3-11-34-15-17)36-24(13-18)20-9-8-19(25(31)26(20)32)22-7-1-6-21(35-22)16-4-2-10-33-14-16;11-10-6-5-8-3-1-2-4-9(8)7-10/h1-15,31-32H;1-7H,11H2. The minimum atomic E-state index is -4.61. The number of rotatable bonds is 4. The zero-order chi connectivity index (χ0) is 33.0. The van der Waals surface area contributed by atoms with E-state index in [4.69, 9.17) is 16.6 Å². The summed E-state index contributed by atoms with van der Waals surface area (Å²) in [6.45, 7) is 0. The van der Waals surface area contributed by atoms with Crippen LogP contribution in [0.25, 0.3) is 44.4 Å². The second kappa shape index (κ2) is 13.0. The van der Waals surface area contributed by atoms with Gasteiger partial charge in [-0.05, 0) is 83.6 Å². The van der Waals surface area contributed by atoms with E-state index in [-0.39, 0.29) is 28.4 Å². The number of nitrogen functional groups attached to an aromatic ring is 1. The zero-order valence-electron chi connectivity index (χ0n) is 24.7. The van der Waals surface area contributed by atoms with Crippen LogP contribution >= 0.6 is 0 Å². The number of nitrogens with one attached hydrogen (secondary N) is 2. The van der Waals surface area contributed by atoms with Crippen molar-refractivity contribution in [2.45, 2.75) is 6.18 Å². The quantitative estimate of drug-likeness (QED) is 0.134. The number of pyridine rings is 4. The van der Waals surface area contributed by atoms with Crippen molar-refractivity contribution in [1.29, 1.82) is 10.8 Å². The third-order valence-electron chi connectivity index (χ3n) is 7.35. The van der Waals surface area contributed by atoms with Gasteiger partial charge in [0.15, 0.2) is 0 Å². The SMILES string of the molecule is N=C1C(=N)C(c2cc(C(F)(F)F)cc(-c3cccnc3)n2)=CC=C1c1cccc(-c2cccnc2)n1.Nc1ccc2ccccc2c1. The molecule has 0 fully saturated rings. The van der Waals surface area contributed by atoms with Gasteiger partial charge in [-0.1, -0.05) is 36.4 Å². The molecular weight excluding hydrogens is 599 g/mol. The van der Waals surface area contributed by atoms with Gasteiger partial charge in [-0.15, -0.1) is 0 Å². The largest absolute Gasteiger partial charge is 0.416 e. The highest BCUT2D eigenvalue weighted by molar-refractivity contribution is 6.68. The molecule has 0 saturated carbocycles. The van der Waals surface area contributed by atoms with Gasteiger partial charge in [0.25, 0.3) is 0 Å². The van der Waals surface area contributed by atoms with Crippen molar-refractivity contribution >= 4 is 39.0 Å². The van der Waals surface area contributed by atoms with Crippen LogP contribution in [0.5, 0.6) is 0 Å². The average molecular weight is 626 g/mol. The first kappa shape index (κ1) is 30.7. The highest BCUT2D eigenvalue weighted by Gasteiger charge is 2.33. The Morgan fingerprint density at radius 2 is 1.13 bits per heavy atom. The van der Waals surface area contributed by atoms with E-state index in [1.807, 2.05) is 42.5 Å². The molecule has 4 aromatic heterocycles. The summed E-state index contributed by atoms with van der Waals surface area (Å²) in [7, 11) is 0. The van der Waals surface area contributed by atoms with E-state index in [1.54, 1.807) is 48.8 Å². The number of allylic oxidation sites excluding steroid dienone is 4. The van der Waals surface area contributed by atoms with Crippen LogP contribution in [-0.2, 0) is 6.18 Å². The molecule has 7 nitrogen and oxygen atoms in total. The smallest absolute Gasteiger partial charge is 0.399 e. The van der Waals surface area contributed by atoms with Gasteiger partial charge in [-0.25, -0.2) is 9.97 Å². The van der Waals surface area contributed by atoms with Crippen molar-refractivity contribution in [3.63, 3.8) is 0 Å². The van der Waals surface area contributed by atoms with Crippen molar-refractivity contribution < 1.29 is 13.2 Å². The van der Waals surface area contributed by atoms with Gasteiger partial charge in [0.05, 0.1) is 39.8 Å². The van der Waals surface area contributed by atoms with Crippen molar-refractivity contribution in [1.82, 2.24) is 19.9 Å². The molecule has 1 aliphatic rings. The van der Waals surface area contributed by atoms with Crippen LogP contribution < -0.4 is 5.73 Å². The Balaban J connectivity index is 0.000000295. The summed E-state index contributed by atoms with van der Waals surface area (Å²) in [5.74, 6) is 0. The van der Waals surface area contributed by atoms with Gasteiger partial charge >= 0.3 is 6.18 Å². The summed E-state index contributed by atoms with van der Waals surface area (Å²) in [4.78, 5) is 17.0. The van der Waals surface area contributed by atoms with Crippen molar-refractivity contribution in [3.05, 3.63) is 151 Å². The fourth-order valence-corrected chi connectivity index (χ4v) is 4.99. The normalized spacial score (nSPS) is 13.0. The Morgan fingerprint density at radius 1 is 0.553 bits per heavy atom. The van der Waals surface area contributed by atoms with Crippen LogP contribution in [0.2, 0.25) is 0 Å². The van der Waals surface area contributed by atoms with Crippen molar-refractivity contribution in [2.75, 3.05) is 5.73 Å². The molecule has 230 valence electrons. The van der Waals surface area contributed by atoms with Gasteiger partial charge in [-0.3, -0.25) is 20.8 Å². The third kappa shape index (κ3) is 6.86. The van der Waals surface area contributed by atoms with Crippen LogP contribution in [0.3, 0.4) is 0 Å². The lowest BCUT2D eigenvalue weighted by molar-refractivity contribution is -0.137. The topological polar surface area (TPSA) is 125 Å². The summed E-state index contributed by atoms with van der Waals surface area (Å²) >= 11 is 0. The van der Waals surface area contributed by atoms with Gasteiger partial charge in [-0.2, -0.15) is 13.2 Å². The average Bonchev–Trinajstić information content (AvgIpc) is 3.10. The molecule has 6 aromatic rings. The molecule has 0 radical (unpaired) electrons. The minimum absolute atomic E-state index is 0.0502. The molecule has 0 amide bonds. The van der Waals surface area contributed by atoms with Gasteiger partial charge in [0.2, 0.25) is 0 Å². The van der Waals surface area contributed by atoms with E-state index >= 15 is 0 Å². The van der Waals surface area contributed by atoms with Crippen LogP contribution in [0.4, 0.5) is 18.9 Å². The van der Waals surface area contributed by atoms with Crippen LogP contribution in [-0.4, -0.2) is 31.4 Å². The molecule has 0 bridgehead atoms. The van der Waals surface area contributed by atoms with Gasteiger partial charge in [0.1, 0.15) is 0 Å². The fraction of sp³-hybridized carbons (Fsp3) is 0.0270. The first-order chi connectivity index (χ1) is 22.7. The lowest BCUT2D eigenvalue weighted by Gasteiger charge is -2.19. The maximum Gasteiger partial charge on any atom is 0.416 e. The molecule has 0 spiro atoms. The zero-order valence-corrected chi connectivity index (χ0v) is 24.7. The Labute approximate surface area is 268 Å². The van der Waals surface area contributed by atoms with Gasteiger partial charge in [0, 0.05) is 52.7 Å². The maximum absolute atomic E-state index is 13.7. The van der Waals surface area contributed by atoms with Crippen LogP contribution in [0.1, 0.15) is 17.0 Å². The van der Waals surface area contributed by atoms with E-state index in [2.05, 4.69) is 32.1 Å². The summed E-state index contributed by atoms with van der Waals surface area (Å²) in [5, 5.41) is 19.6. The molecule has 0 atom stereocenters. The van der Waals surface area contributed by atoms with Crippen LogP contribution in [0.15, 0.2) is 134 Å². The molecule has 4 N–H and O–H groups in total. The van der Waals surface area contributed by atoms with Crippen molar-refractivity contribution in [3.8, 4) is 22.5 Å². The van der Waals surface area contributed by atoms with Crippen molar-refractivity contribution in [2.24, 2.45) is 0 Å². The van der Waals surface area contributed by atoms with E-state index in [9.17, 15) is 13.2 Å². The number of aromatic nitrogens is 4. The Bertz CT molecular complexity index is 2170. The number of hydrogen-bond acceptors (Lipinski definition) is 7. The van der Waals surface area contributed by atoms with E-state index < -0.39 is 11.7 Å². The number of halogens is 3. The number of fused-ring (bicyclic) bond motifs is 1. The molecule has 2 aromatic carbocycles. The summed E-state index contributed by atoms with van der Waals surface area (Å²) in [5.41, 5.74) is 7.99. The number of benzene rings is 2. The summed E-state index contributed by atoms with van der Waals surface area (Å²) < 4.78 is 41.0. The van der Waals surface area contributed by atoms with Crippen LogP contribution in [0, 0.1) is 10.8 Å². The number of anilines is 1. The Morgan fingerprint density at radius 3 is 1.77 bits per heavy atom. The maximum atomic E-state index is 13.7. The second-order valence-electron chi connectivity index (χ2n) is 10.5. The first-order valence-electron chi connectivity index (χ1n) is 14.4. The third-order valence-corrected chi connectivity index (χ3v) is 7.35. The molecule has 47 heavy (non-hydrogen) atoms. The highest BCUT2D eigenvalue weighted by atomic mass is 19.4. The highest BCUT2D eigenvalue weighted by Crippen LogP contribution is 2.35. The Hall–Kier alpha value is -6.29. The minimum Gasteiger partial charge on any atom is -0.399 e. The molecule has 0 aliphatic heterocycles. The molecule has 4 heterocycles. The second-order valence-corrected chi connectivity index (χ2v) is 10.5. The Kier molecular flexibility index (Phi) is 8.48. The molecule has 1 aliphatic carbocycles. The van der Waals surface area contributed by atoms with E-state index in [0.29, 0.717) is 22.5 Å². The lowest BCUT2D eigenvalue weighted by Crippen LogP contribution is -2.20. The molecule has 10 heteroatoms. The number of nitrogens with zero attached hydrogens (tertiary/aromatic N) is 4. The van der Waals surface area contributed by atoms with Gasteiger partial charge < -0.3 is 5.73 Å². The monoisotopic (exact) mass is 625 g/mol. The fourth-order valence-electron chi connectivity index (χ4n) is 4.99. The summed E-state index contributed by atoms with van der Waals surface area (Å²) in [6.07, 6.45) is 4.74. The predicted molar refractivity (Wildman–Crippen MR) is 180 cm³/mol. The number of alkyl halides is 3. The number of nitrogens with two attached hydrogens (primary N) is 1. The lowest BCUT2D eigenvalue weighted by atomic mass is 9.89. The molecule has 0 unspecified atom stereocenters. The first-order valence-corrected chi connectivity index (χ1v) is 14.4. The number of hydrogen-bond donors (Lipinski definition) is 3.